The molecule has 2 heterocycles. The van der Waals surface area contributed by atoms with E-state index in [1.165, 1.54) is 12.1 Å². The largest absolute Gasteiger partial charge is 0.497 e. The van der Waals surface area contributed by atoms with Crippen molar-refractivity contribution in [3.8, 4) is 17.3 Å². The molecule has 2 unspecified atom stereocenters. The predicted octanol–water partition coefficient (Wildman–Crippen LogP) is 4.35. The van der Waals surface area contributed by atoms with Crippen molar-refractivity contribution in [3.63, 3.8) is 0 Å². The molecule has 1 aliphatic heterocycles. The number of nitrogens with zero attached hydrogens (tertiary/aromatic N) is 3. The minimum absolute atomic E-state index is 0.223. The highest BCUT2D eigenvalue weighted by Gasteiger charge is 2.55. The number of hydrogen-bond acceptors (Lipinski definition) is 6. The van der Waals surface area contributed by atoms with E-state index < -0.39 is 52.8 Å². The maximum Gasteiger partial charge on any atom is 0.435 e. The normalized spacial score (nSPS) is 25.8. The lowest BCUT2D eigenvalue weighted by Crippen LogP contribution is -2.53. The standard InChI is InChI=1S/C27H28F3N3O4/c1-26(2)17-12-15(37-4)10-11-18(17)32(3)19(26)13-16-22(34)20(23(16)35)21-24(27(28,29)30)31-33(25(21)36)14-8-6-5-7-9-14/h5-13,16,20,22-23,34-36H,1-4H3. The quantitative estimate of drug-likeness (QED) is 0.479. The summed E-state index contributed by atoms with van der Waals surface area (Å²) in [5.41, 5.74) is 0.470. The van der Waals surface area contributed by atoms with Gasteiger partial charge < -0.3 is 25.0 Å². The molecule has 1 saturated carbocycles. The van der Waals surface area contributed by atoms with Gasteiger partial charge in [0.1, 0.15) is 5.75 Å². The van der Waals surface area contributed by atoms with Crippen LogP contribution in [0.25, 0.3) is 5.69 Å². The van der Waals surface area contributed by atoms with Crippen LogP contribution in [0.5, 0.6) is 11.6 Å². The van der Waals surface area contributed by atoms with E-state index in [4.69, 9.17) is 4.74 Å². The second kappa shape index (κ2) is 8.53. The monoisotopic (exact) mass is 515 g/mol. The van der Waals surface area contributed by atoms with E-state index in [0.29, 0.717) is 5.75 Å². The Labute approximate surface area is 212 Å². The summed E-state index contributed by atoms with van der Waals surface area (Å²) < 4.78 is 48.0. The molecule has 3 N–H and O–H groups in total. The molecule has 2 aliphatic rings. The van der Waals surface area contributed by atoms with Crippen LogP contribution in [0, 0.1) is 5.92 Å². The number of benzene rings is 2. The van der Waals surface area contributed by atoms with E-state index in [9.17, 15) is 28.5 Å². The van der Waals surface area contributed by atoms with Gasteiger partial charge in [-0.2, -0.15) is 18.3 Å². The second-order valence-corrected chi connectivity index (χ2v) is 10.0. The van der Waals surface area contributed by atoms with Crippen LogP contribution in [-0.2, 0) is 11.6 Å². The molecule has 0 radical (unpaired) electrons. The fourth-order valence-electron chi connectivity index (χ4n) is 5.59. The first-order chi connectivity index (χ1) is 17.4. The van der Waals surface area contributed by atoms with Crippen LogP contribution < -0.4 is 9.64 Å². The topological polar surface area (TPSA) is 91.0 Å². The van der Waals surface area contributed by atoms with Gasteiger partial charge in [0.25, 0.3) is 0 Å². The highest BCUT2D eigenvalue weighted by Crippen LogP contribution is 2.53. The number of halogens is 3. The van der Waals surface area contributed by atoms with Crippen molar-refractivity contribution in [2.75, 3.05) is 19.1 Å². The van der Waals surface area contributed by atoms with Gasteiger partial charge in [0, 0.05) is 35.7 Å². The number of ether oxygens (including phenoxy) is 1. The third-order valence-corrected chi connectivity index (χ3v) is 7.61. The Balaban J connectivity index is 1.52. The summed E-state index contributed by atoms with van der Waals surface area (Å²) in [7, 11) is 3.44. The maximum absolute atomic E-state index is 13.9. The molecule has 0 spiro atoms. The van der Waals surface area contributed by atoms with Gasteiger partial charge in [0.15, 0.2) is 5.69 Å². The number of aliphatic hydroxyl groups is 2. The summed E-state index contributed by atoms with van der Waals surface area (Å²) >= 11 is 0. The Morgan fingerprint density at radius 2 is 1.70 bits per heavy atom. The molecule has 2 aromatic carbocycles. The fourth-order valence-corrected chi connectivity index (χ4v) is 5.59. The van der Waals surface area contributed by atoms with Crippen LogP contribution in [0.1, 0.15) is 36.6 Å². The molecule has 196 valence electrons. The molecule has 7 nitrogen and oxygen atoms in total. The number of aromatic hydroxyl groups is 1. The average molecular weight is 516 g/mol. The number of hydrogen-bond donors (Lipinski definition) is 3. The zero-order chi connectivity index (χ0) is 26.9. The summed E-state index contributed by atoms with van der Waals surface area (Å²) in [4.78, 5) is 1.94. The Bertz CT molecular complexity index is 1360. The second-order valence-electron chi connectivity index (χ2n) is 10.0. The number of rotatable bonds is 4. The van der Waals surface area contributed by atoms with Gasteiger partial charge in [-0.15, -0.1) is 0 Å². The number of alkyl halides is 3. The first-order valence-corrected chi connectivity index (χ1v) is 11.8. The number of fused-ring (bicyclic) bond motifs is 1. The summed E-state index contributed by atoms with van der Waals surface area (Å²) in [5.74, 6) is -2.28. The molecule has 1 aromatic heterocycles. The first kappa shape index (κ1) is 25.2. The Morgan fingerprint density at radius 3 is 2.30 bits per heavy atom. The summed E-state index contributed by atoms with van der Waals surface area (Å²) in [6, 6.07) is 13.6. The number of likely N-dealkylation sites (N-methyl/N-ethyl adjacent to an activating group) is 1. The van der Waals surface area contributed by atoms with Gasteiger partial charge in [-0.05, 0) is 35.9 Å². The van der Waals surface area contributed by atoms with Gasteiger partial charge in [0.05, 0.1) is 30.6 Å². The number of aliphatic hydroxyl groups excluding tert-OH is 2. The minimum Gasteiger partial charge on any atom is -0.497 e. The van der Waals surface area contributed by atoms with Crippen molar-refractivity contribution in [3.05, 3.63) is 77.1 Å². The highest BCUT2D eigenvalue weighted by molar-refractivity contribution is 5.71. The van der Waals surface area contributed by atoms with Crippen molar-refractivity contribution in [2.24, 2.45) is 5.92 Å². The lowest BCUT2D eigenvalue weighted by molar-refractivity contribution is -0.145. The number of methoxy groups -OCH3 is 1. The Hall–Kier alpha value is -3.50. The van der Waals surface area contributed by atoms with E-state index in [1.807, 2.05) is 44.0 Å². The number of allylic oxidation sites excluding steroid dienone is 1. The van der Waals surface area contributed by atoms with Crippen molar-refractivity contribution in [2.45, 2.75) is 43.6 Å². The maximum atomic E-state index is 13.9. The van der Waals surface area contributed by atoms with Crippen molar-refractivity contribution in [1.82, 2.24) is 9.78 Å². The lowest BCUT2D eigenvalue weighted by Gasteiger charge is -2.46. The van der Waals surface area contributed by atoms with Gasteiger partial charge in [-0.1, -0.05) is 38.1 Å². The van der Waals surface area contributed by atoms with Crippen LogP contribution in [0.2, 0.25) is 0 Å². The smallest absolute Gasteiger partial charge is 0.435 e. The molecule has 2 atom stereocenters. The van der Waals surface area contributed by atoms with Crippen LogP contribution in [-0.4, -0.2) is 51.5 Å². The Kier molecular flexibility index (Phi) is 5.80. The van der Waals surface area contributed by atoms with Gasteiger partial charge >= 0.3 is 6.18 Å². The zero-order valence-corrected chi connectivity index (χ0v) is 20.7. The number of aromatic nitrogens is 2. The molecule has 0 amide bonds. The summed E-state index contributed by atoms with van der Waals surface area (Å²) in [5, 5.41) is 36.5. The lowest BCUT2D eigenvalue weighted by atomic mass is 9.64. The molecule has 37 heavy (non-hydrogen) atoms. The molecular weight excluding hydrogens is 487 g/mol. The molecule has 1 aliphatic carbocycles. The van der Waals surface area contributed by atoms with Crippen LogP contribution >= 0.6 is 0 Å². The third-order valence-electron chi connectivity index (χ3n) is 7.61. The van der Waals surface area contributed by atoms with E-state index in [2.05, 4.69) is 5.10 Å². The molecule has 3 aromatic rings. The molecule has 5 rings (SSSR count). The number of para-hydroxylation sites is 1. The van der Waals surface area contributed by atoms with E-state index in [0.717, 1.165) is 21.6 Å². The van der Waals surface area contributed by atoms with E-state index in [-0.39, 0.29) is 5.69 Å². The van der Waals surface area contributed by atoms with Crippen LogP contribution in [0.15, 0.2) is 60.3 Å². The third kappa shape index (κ3) is 3.77. The van der Waals surface area contributed by atoms with Gasteiger partial charge in [-0.25, -0.2) is 4.68 Å². The van der Waals surface area contributed by atoms with Crippen LogP contribution in [0.4, 0.5) is 18.9 Å². The molecule has 0 bridgehead atoms. The van der Waals surface area contributed by atoms with Crippen molar-refractivity contribution >= 4 is 5.69 Å². The van der Waals surface area contributed by atoms with Gasteiger partial charge in [-0.3, -0.25) is 0 Å². The molecular formula is C27H28F3N3O4. The average Bonchev–Trinajstić information content (AvgIpc) is 3.29. The first-order valence-electron chi connectivity index (χ1n) is 11.8. The van der Waals surface area contributed by atoms with E-state index >= 15 is 0 Å². The zero-order valence-electron chi connectivity index (χ0n) is 20.7. The summed E-state index contributed by atoms with van der Waals surface area (Å²) in [6.45, 7) is 3.99. The van der Waals surface area contributed by atoms with Crippen molar-refractivity contribution in [1.29, 1.82) is 0 Å². The van der Waals surface area contributed by atoms with Crippen LogP contribution in [0.3, 0.4) is 0 Å². The molecule has 0 saturated heterocycles. The predicted molar refractivity (Wildman–Crippen MR) is 131 cm³/mol. The molecule has 1 fully saturated rings. The minimum atomic E-state index is -4.90. The fraction of sp³-hybridized carbons (Fsp3) is 0.370. The Morgan fingerprint density at radius 1 is 1.05 bits per heavy atom. The summed E-state index contributed by atoms with van der Waals surface area (Å²) in [6.07, 6.45) is -5.93. The molecule has 10 heteroatoms. The van der Waals surface area contributed by atoms with E-state index in [1.54, 1.807) is 31.4 Å². The van der Waals surface area contributed by atoms with Crippen molar-refractivity contribution < 1.29 is 33.2 Å². The SMILES string of the molecule is COc1ccc2c(c1)C(C)(C)C(=CC1C(O)C(c3c(C(F)(F)F)nn(-c4ccccc4)c3O)C1O)N2C. The highest BCUT2D eigenvalue weighted by atomic mass is 19.4. The number of anilines is 1. The van der Waals surface area contributed by atoms with Gasteiger partial charge in [0.2, 0.25) is 5.88 Å².